The Hall–Kier alpha value is -3.00. The molecule has 0 unspecified atom stereocenters. The average Bonchev–Trinajstić information content (AvgIpc) is 3.30. The first-order chi connectivity index (χ1) is 17.1. The van der Waals surface area contributed by atoms with Crippen molar-refractivity contribution in [2.24, 2.45) is 0 Å². The van der Waals surface area contributed by atoms with Crippen molar-refractivity contribution in [1.82, 2.24) is 14.8 Å². The van der Waals surface area contributed by atoms with Gasteiger partial charge in [0.2, 0.25) is 5.91 Å². The fourth-order valence-corrected chi connectivity index (χ4v) is 5.54. The number of nitrogens with zero attached hydrogens (tertiary/aromatic N) is 4. The van der Waals surface area contributed by atoms with Crippen LogP contribution in [-0.2, 0) is 11.3 Å². The molecule has 1 heterocycles. The Morgan fingerprint density at radius 3 is 2.60 bits per heavy atom. The summed E-state index contributed by atoms with van der Waals surface area (Å²) in [7, 11) is 1.67. The van der Waals surface area contributed by atoms with E-state index in [1.165, 1.54) is 31.0 Å². The van der Waals surface area contributed by atoms with Gasteiger partial charge in [-0.25, -0.2) is 0 Å². The van der Waals surface area contributed by atoms with E-state index in [9.17, 15) is 4.79 Å². The molecule has 3 aromatic rings. The first-order valence-electron chi connectivity index (χ1n) is 12.4. The Kier molecular flexibility index (Phi) is 8.69. The van der Waals surface area contributed by atoms with Gasteiger partial charge < -0.3 is 19.5 Å². The Morgan fingerprint density at radius 1 is 1.11 bits per heavy atom. The predicted octanol–water partition coefficient (Wildman–Crippen LogP) is 5.94. The predicted molar refractivity (Wildman–Crippen MR) is 142 cm³/mol. The number of hydrogen-bond acceptors (Lipinski definition) is 6. The summed E-state index contributed by atoms with van der Waals surface area (Å²) in [5, 5.41) is 13.3. The highest BCUT2D eigenvalue weighted by atomic mass is 32.2. The molecule has 1 saturated carbocycles. The number of hydrogen-bond donors (Lipinski definition) is 1. The fourth-order valence-electron chi connectivity index (χ4n) is 4.66. The number of para-hydroxylation sites is 1. The van der Waals surface area contributed by atoms with Crippen LogP contribution in [0.4, 0.5) is 11.4 Å². The Balaban J connectivity index is 1.50. The van der Waals surface area contributed by atoms with Crippen molar-refractivity contribution in [3.05, 3.63) is 60.4 Å². The number of benzene rings is 2. The average molecular weight is 494 g/mol. The van der Waals surface area contributed by atoms with E-state index < -0.39 is 0 Å². The van der Waals surface area contributed by atoms with Gasteiger partial charge in [-0.05, 0) is 51.0 Å². The largest absolute Gasteiger partial charge is 0.497 e. The molecule has 1 amide bonds. The third-order valence-corrected chi connectivity index (χ3v) is 7.27. The van der Waals surface area contributed by atoms with Gasteiger partial charge in [0.25, 0.3) is 0 Å². The second-order valence-electron chi connectivity index (χ2n) is 9.13. The summed E-state index contributed by atoms with van der Waals surface area (Å²) in [4.78, 5) is 15.1. The third kappa shape index (κ3) is 6.36. The maximum Gasteiger partial charge on any atom is 0.237 e. The van der Waals surface area contributed by atoms with Crippen molar-refractivity contribution >= 4 is 29.0 Å². The molecule has 186 valence electrons. The van der Waals surface area contributed by atoms with E-state index in [-0.39, 0.29) is 11.9 Å². The monoisotopic (exact) mass is 493 g/mol. The van der Waals surface area contributed by atoms with Gasteiger partial charge in [0.05, 0.1) is 19.4 Å². The van der Waals surface area contributed by atoms with Crippen LogP contribution < -0.4 is 15.0 Å². The van der Waals surface area contributed by atoms with E-state index >= 15 is 0 Å². The molecule has 0 spiro atoms. The normalized spacial score (nSPS) is 14.2. The van der Waals surface area contributed by atoms with Crippen LogP contribution >= 0.6 is 11.8 Å². The fraction of sp³-hybridized carbons (Fsp3) is 0.444. The lowest BCUT2D eigenvalue weighted by Crippen LogP contribution is -2.38. The number of amides is 1. The zero-order chi connectivity index (χ0) is 24.6. The van der Waals surface area contributed by atoms with Crippen LogP contribution in [0.25, 0.3) is 0 Å². The minimum absolute atomic E-state index is 0.0735. The van der Waals surface area contributed by atoms with Crippen molar-refractivity contribution in [2.45, 2.75) is 69.7 Å². The Labute approximate surface area is 212 Å². The lowest BCUT2D eigenvalue weighted by molar-refractivity contribution is -0.116. The Morgan fingerprint density at radius 2 is 1.89 bits per heavy atom. The number of aromatic nitrogens is 3. The molecule has 4 rings (SSSR count). The second kappa shape index (κ2) is 12.1. The number of carbonyl (C=O) groups is 1. The van der Waals surface area contributed by atoms with Crippen molar-refractivity contribution in [3.8, 4) is 5.75 Å². The first kappa shape index (κ1) is 25.1. The number of methoxy groups -OCH3 is 1. The smallest absolute Gasteiger partial charge is 0.237 e. The molecular formula is C27H35N5O2S. The van der Waals surface area contributed by atoms with Crippen molar-refractivity contribution in [1.29, 1.82) is 0 Å². The summed E-state index contributed by atoms with van der Waals surface area (Å²) >= 11 is 1.49. The maximum absolute atomic E-state index is 13.2. The van der Waals surface area contributed by atoms with Gasteiger partial charge in [0, 0.05) is 29.5 Å². The molecule has 1 aliphatic carbocycles. The summed E-state index contributed by atoms with van der Waals surface area (Å²) in [6.07, 6.45) is 5.94. The molecule has 1 aromatic heterocycles. The molecule has 0 radical (unpaired) electrons. The van der Waals surface area contributed by atoms with Gasteiger partial charge in [-0.3, -0.25) is 4.79 Å². The minimum atomic E-state index is 0.0735. The van der Waals surface area contributed by atoms with E-state index in [1.807, 2.05) is 73.3 Å². The minimum Gasteiger partial charge on any atom is -0.497 e. The van der Waals surface area contributed by atoms with E-state index in [0.717, 1.165) is 40.9 Å². The van der Waals surface area contributed by atoms with Gasteiger partial charge in [0.1, 0.15) is 5.75 Å². The third-order valence-electron chi connectivity index (χ3n) is 6.34. The van der Waals surface area contributed by atoms with E-state index in [0.29, 0.717) is 18.3 Å². The summed E-state index contributed by atoms with van der Waals surface area (Å²) in [6.45, 7) is 4.65. The standard InChI is InChI=1S/C27H35N5O2S/c1-20(2)31(22-12-6-4-7-13-22)26(33)19-35-27-30-29-25(32(27)23-14-8-5-9-15-23)18-28-21-11-10-16-24(17-21)34-3/h4,6-7,10-13,16-17,20,23,28H,5,8-9,14-15,18-19H2,1-3H3. The number of anilines is 2. The first-order valence-corrected chi connectivity index (χ1v) is 13.4. The van der Waals surface area contributed by atoms with Crippen LogP contribution in [0.3, 0.4) is 0 Å². The van der Waals surface area contributed by atoms with Crippen LogP contribution in [0.5, 0.6) is 5.75 Å². The molecule has 2 aromatic carbocycles. The highest BCUT2D eigenvalue weighted by molar-refractivity contribution is 7.99. The summed E-state index contributed by atoms with van der Waals surface area (Å²) in [5.74, 6) is 2.11. The number of nitrogens with one attached hydrogen (secondary N) is 1. The highest BCUT2D eigenvalue weighted by Crippen LogP contribution is 2.33. The molecular weight excluding hydrogens is 458 g/mol. The molecule has 0 saturated heterocycles. The number of carbonyl (C=O) groups excluding carboxylic acids is 1. The van der Waals surface area contributed by atoms with Crippen LogP contribution in [0.1, 0.15) is 57.8 Å². The van der Waals surface area contributed by atoms with Crippen molar-refractivity contribution < 1.29 is 9.53 Å². The Bertz CT molecular complexity index is 1100. The SMILES string of the molecule is COc1cccc(NCc2nnc(SCC(=O)N(c3ccccc3)C(C)C)n2C2CCCCC2)c1. The van der Waals surface area contributed by atoms with E-state index in [4.69, 9.17) is 4.74 Å². The molecule has 1 fully saturated rings. The zero-order valence-electron chi connectivity index (χ0n) is 20.8. The van der Waals surface area contributed by atoms with Gasteiger partial charge in [-0.15, -0.1) is 10.2 Å². The lowest BCUT2D eigenvalue weighted by Gasteiger charge is -2.27. The molecule has 0 aliphatic heterocycles. The van der Waals surface area contributed by atoms with Gasteiger partial charge in [-0.2, -0.15) is 0 Å². The van der Waals surface area contributed by atoms with Gasteiger partial charge >= 0.3 is 0 Å². The maximum atomic E-state index is 13.2. The molecule has 1 N–H and O–H groups in total. The molecule has 0 bridgehead atoms. The second-order valence-corrected chi connectivity index (χ2v) is 10.1. The highest BCUT2D eigenvalue weighted by Gasteiger charge is 2.25. The van der Waals surface area contributed by atoms with E-state index in [2.05, 4.69) is 20.1 Å². The number of thioether (sulfide) groups is 1. The molecule has 1 aliphatic rings. The van der Waals surface area contributed by atoms with Crippen LogP contribution in [-0.4, -0.2) is 39.6 Å². The van der Waals surface area contributed by atoms with Crippen molar-refractivity contribution in [3.63, 3.8) is 0 Å². The van der Waals surface area contributed by atoms with Crippen molar-refractivity contribution in [2.75, 3.05) is 23.1 Å². The molecule has 7 nitrogen and oxygen atoms in total. The summed E-state index contributed by atoms with van der Waals surface area (Å²) in [5.41, 5.74) is 1.90. The lowest BCUT2D eigenvalue weighted by atomic mass is 9.95. The van der Waals surface area contributed by atoms with Crippen LogP contribution in [0.2, 0.25) is 0 Å². The van der Waals surface area contributed by atoms with Crippen LogP contribution in [0, 0.1) is 0 Å². The summed E-state index contributed by atoms with van der Waals surface area (Å²) in [6, 6.07) is 18.2. The number of rotatable bonds is 10. The molecule has 0 atom stereocenters. The number of ether oxygens (including phenoxy) is 1. The summed E-state index contributed by atoms with van der Waals surface area (Å²) < 4.78 is 7.61. The quantitative estimate of drug-likeness (QED) is 0.353. The van der Waals surface area contributed by atoms with E-state index in [1.54, 1.807) is 7.11 Å². The van der Waals surface area contributed by atoms with Crippen LogP contribution in [0.15, 0.2) is 59.8 Å². The topological polar surface area (TPSA) is 72.3 Å². The van der Waals surface area contributed by atoms with Gasteiger partial charge in [-0.1, -0.05) is 55.3 Å². The zero-order valence-corrected chi connectivity index (χ0v) is 21.6. The molecule has 8 heteroatoms. The van der Waals surface area contributed by atoms with Gasteiger partial charge in [0.15, 0.2) is 11.0 Å². The molecule has 35 heavy (non-hydrogen) atoms.